The molecule has 40 heavy (non-hydrogen) atoms. The van der Waals surface area contributed by atoms with Crippen molar-refractivity contribution < 1.29 is 19.1 Å². The predicted molar refractivity (Wildman–Crippen MR) is 152 cm³/mol. The number of likely N-dealkylation sites (tertiary alicyclic amines) is 1. The summed E-state index contributed by atoms with van der Waals surface area (Å²) in [4.78, 5) is 49.9. The fourth-order valence-electron chi connectivity index (χ4n) is 4.97. The number of anilines is 2. The van der Waals surface area contributed by atoms with Crippen LogP contribution in [0.1, 0.15) is 73.1 Å². The summed E-state index contributed by atoms with van der Waals surface area (Å²) in [6.07, 6.45) is 6.62. The van der Waals surface area contributed by atoms with Crippen LogP contribution in [0.2, 0.25) is 0 Å². The Bertz CT molecular complexity index is 1470. The molecule has 3 heterocycles. The number of aryl methyl sites for hydroxylation is 2. The number of methoxy groups -OCH3 is 1. The number of nitrogens with zero attached hydrogens (tertiary/aromatic N) is 4. The minimum absolute atomic E-state index is 0.185. The third kappa shape index (κ3) is 6.08. The Morgan fingerprint density at radius 3 is 2.45 bits per heavy atom. The standard InChI is InChI=1S/C29H36N6O5/c1-17-11-21(39-6)12-18(2)24(17)35-16-32-25(30)23(27(35)37)26(36)33-20-13-19(14-31-15-20)22-9-7-8-10-34(22)28(38)40-29(3,4)5/h11-16,22H,7-10,30H2,1-6H3,(H,33,36)/t22-/m1/s1. The van der Waals surface area contributed by atoms with Gasteiger partial charge in [-0.15, -0.1) is 0 Å². The van der Waals surface area contributed by atoms with E-state index in [1.807, 2.05) is 34.6 Å². The van der Waals surface area contributed by atoms with Gasteiger partial charge in [0.2, 0.25) is 0 Å². The number of piperidine rings is 1. The molecule has 11 heteroatoms. The molecule has 1 saturated heterocycles. The topological polar surface area (TPSA) is 142 Å². The number of rotatable bonds is 5. The Hall–Kier alpha value is -4.41. The van der Waals surface area contributed by atoms with Crippen molar-refractivity contribution in [2.75, 3.05) is 24.7 Å². The summed E-state index contributed by atoms with van der Waals surface area (Å²) in [5, 5.41) is 2.74. The van der Waals surface area contributed by atoms with E-state index in [2.05, 4.69) is 15.3 Å². The highest BCUT2D eigenvalue weighted by molar-refractivity contribution is 6.06. The second-order valence-corrected chi connectivity index (χ2v) is 10.9. The zero-order valence-electron chi connectivity index (χ0n) is 23.8. The van der Waals surface area contributed by atoms with Gasteiger partial charge in [-0.3, -0.25) is 19.1 Å². The van der Waals surface area contributed by atoms with Crippen molar-refractivity contribution in [1.29, 1.82) is 0 Å². The van der Waals surface area contributed by atoms with Gasteiger partial charge in [-0.25, -0.2) is 9.78 Å². The molecule has 0 saturated carbocycles. The summed E-state index contributed by atoms with van der Waals surface area (Å²) in [6.45, 7) is 9.74. The Labute approximate surface area is 233 Å². The lowest BCUT2D eigenvalue weighted by Gasteiger charge is -2.37. The van der Waals surface area contributed by atoms with Gasteiger partial charge in [-0.05, 0) is 88.8 Å². The Kier molecular flexibility index (Phi) is 8.13. The van der Waals surface area contributed by atoms with Crippen LogP contribution in [-0.4, -0.2) is 50.7 Å². The van der Waals surface area contributed by atoms with E-state index < -0.39 is 17.1 Å². The maximum Gasteiger partial charge on any atom is 0.410 e. The van der Waals surface area contributed by atoms with E-state index >= 15 is 0 Å². The van der Waals surface area contributed by atoms with E-state index in [4.69, 9.17) is 15.2 Å². The van der Waals surface area contributed by atoms with Crippen LogP contribution in [0.4, 0.5) is 16.3 Å². The van der Waals surface area contributed by atoms with E-state index in [9.17, 15) is 14.4 Å². The molecule has 1 atom stereocenters. The van der Waals surface area contributed by atoms with Crippen LogP contribution in [0.25, 0.3) is 5.69 Å². The van der Waals surface area contributed by atoms with Crippen LogP contribution in [0.5, 0.6) is 5.75 Å². The molecule has 0 spiro atoms. The summed E-state index contributed by atoms with van der Waals surface area (Å²) in [7, 11) is 1.57. The van der Waals surface area contributed by atoms with E-state index in [-0.39, 0.29) is 23.5 Å². The summed E-state index contributed by atoms with van der Waals surface area (Å²) < 4.78 is 12.2. The molecule has 1 aromatic carbocycles. The highest BCUT2D eigenvalue weighted by atomic mass is 16.6. The first kappa shape index (κ1) is 28.6. The zero-order chi connectivity index (χ0) is 29.2. The normalized spacial score (nSPS) is 15.4. The van der Waals surface area contributed by atoms with Crippen molar-refractivity contribution in [3.8, 4) is 11.4 Å². The van der Waals surface area contributed by atoms with Crippen molar-refractivity contribution >= 4 is 23.5 Å². The minimum atomic E-state index is -0.709. The first-order chi connectivity index (χ1) is 18.9. The number of amides is 2. The van der Waals surface area contributed by atoms with E-state index in [0.29, 0.717) is 23.7 Å². The number of carbonyl (C=O) groups excluding carboxylic acids is 2. The highest BCUT2D eigenvalue weighted by Crippen LogP contribution is 2.33. The molecule has 1 aliphatic rings. The van der Waals surface area contributed by atoms with Crippen LogP contribution in [0.15, 0.2) is 41.7 Å². The molecule has 3 aromatic rings. The Balaban J connectivity index is 1.63. The first-order valence-corrected chi connectivity index (χ1v) is 13.2. The van der Waals surface area contributed by atoms with Crippen LogP contribution >= 0.6 is 0 Å². The van der Waals surface area contributed by atoms with Crippen LogP contribution in [-0.2, 0) is 4.74 Å². The zero-order valence-corrected chi connectivity index (χ0v) is 23.8. The van der Waals surface area contributed by atoms with E-state index in [1.54, 1.807) is 36.4 Å². The first-order valence-electron chi connectivity index (χ1n) is 13.2. The quantitative estimate of drug-likeness (QED) is 0.473. The molecule has 1 fully saturated rings. The average molecular weight is 549 g/mol. The van der Waals surface area contributed by atoms with Gasteiger partial charge in [-0.1, -0.05) is 0 Å². The van der Waals surface area contributed by atoms with Crippen molar-refractivity contribution in [3.05, 3.63) is 69.5 Å². The summed E-state index contributed by atoms with van der Waals surface area (Å²) in [6, 6.07) is 5.10. The van der Waals surface area contributed by atoms with Crippen LogP contribution < -0.4 is 21.3 Å². The number of nitrogens with two attached hydrogens (primary N) is 1. The van der Waals surface area contributed by atoms with Gasteiger partial charge in [0.1, 0.15) is 29.1 Å². The minimum Gasteiger partial charge on any atom is -0.497 e. The lowest BCUT2D eigenvalue weighted by molar-refractivity contribution is 0.00947. The van der Waals surface area contributed by atoms with E-state index in [0.717, 1.165) is 36.0 Å². The molecule has 0 bridgehead atoms. The number of carbonyl (C=O) groups is 2. The maximum absolute atomic E-state index is 13.5. The third-order valence-corrected chi connectivity index (χ3v) is 6.70. The van der Waals surface area contributed by atoms with Crippen molar-refractivity contribution in [3.63, 3.8) is 0 Å². The molecule has 3 N–H and O–H groups in total. The lowest BCUT2D eigenvalue weighted by Crippen LogP contribution is -2.41. The largest absolute Gasteiger partial charge is 0.497 e. The molecular formula is C29H36N6O5. The van der Waals surface area contributed by atoms with Crippen molar-refractivity contribution in [2.45, 2.75) is 65.5 Å². The van der Waals surface area contributed by atoms with E-state index in [1.165, 1.54) is 17.1 Å². The maximum atomic E-state index is 13.5. The summed E-state index contributed by atoms with van der Waals surface area (Å²) in [5.74, 6) is -0.237. The molecule has 212 valence electrons. The van der Waals surface area contributed by atoms with Gasteiger partial charge < -0.3 is 25.4 Å². The molecule has 0 unspecified atom stereocenters. The van der Waals surface area contributed by atoms with Crippen LogP contribution in [0.3, 0.4) is 0 Å². The van der Waals surface area contributed by atoms with Gasteiger partial charge in [-0.2, -0.15) is 0 Å². The van der Waals surface area contributed by atoms with Crippen molar-refractivity contribution in [2.24, 2.45) is 0 Å². The van der Waals surface area contributed by atoms with Gasteiger partial charge in [0, 0.05) is 12.7 Å². The number of nitrogens with one attached hydrogen (secondary N) is 1. The molecule has 0 radical (unpaired) electrons. The smallest absolute Gasteiger partial charge is 0.410 e. The average Bonchev–Trinajstić information content (AvgIpc) is 2.88. The van der Waals surface area contributed by atoms with Gasteiger partial charge in [0.25, 0.3) is 11.5 Å². The third-order valence-electron chi connectivity index (χ3n) is 6.70. The molecule has 4 rings (SSSR count). The molecule has 2 aromatic heterocycles. The van der Waals surface area contributed by atoms with Crippen LogP contribution in [0, 0.1) is 13.8 Å². The highest BCUT2D eigenvalue weighted by Gasteiger charge is 2.32. The number of ether oxygens (including phenoxy) is 2. The Morgan fingerprint density at radius 1 is 1.10 bits per heavy atom. The lowest BCUT2D eigenvalue weighted by atomic mass is 9.96. The molecule has 1 aliphatic heterocycles. The predicted octanol–water partition coefficient (Wildman–Crippen LogP) is 4.55. The van der Waals surface area contributed by atoms with Gasteiger partial charge in [0.15, 0.2) is 0 Å². The Morgan fingerprint density at radius 2 is 1.80 bits per heavy atom. The second kappa shape index (κ2) is 11.4. The second-order valence-electron chi connectivity index (χ2n) is 10.9. The number of nitrogen functional groups attached to an aromatic ring is 1. The fraction of sp³-hybridized carbons (Fsp3) is 0.414. The molecular weight excluding hydrogens is 512 g/mol. The van der Waals surface area contributed by atoms with Gasteiger partial charge >= 0.3 is 6.09 Å². The monoisotopic (exact) mass is 548 g/mol. The summed E-state index contributed by atoms with van der Waals surface area (Å²) in [5.41, 5.74) is 7.77. The number of hydrogen-bond donors (Lipinski definition) is 2. The number of hydrogen-bond acceptors (Lipinski definition) is 8. The van der Waals surface area contributed by atoms with Crippen molar-refractivity contribution in [1.82, 2.24) is 19.4 Å². The molecule has 0 aliphatic carbocycles. The number of benzene rings is 1. The molecule has 11 nitrogen and oxygen atoms in total. The summed E-state index contributed by atoms with van der Waals surface area (Å²) >= 11 is 0. The number of aromatic nitrogens is 3. The molecule has 2 amide bonds. The SMILES string of the molecule is COc1cc(C)c(-n2cnc(N)c(C(=O)Nc3cncc([C@H]4CCCCN4C(=O)OC(C)(C)C)c3)c2=O)c(C)c1. The fourth-order valence-corrected chi connectivity index (χ4v) is 4.97. The van der Waals surface area contributed by atoms with Gasteiger partial charge in [0.05, 0.1) is 30.7 Å². The number of pyridine rings is 1.